The first-order valence-electron chi connectivity index (χ1n) is 5.00. The number of aromatic amines is 1. The third-order valence-corrected chi connectivity index (χ3v) is 2.60. The molecule has 1 aromatic carbocycles. The van der Waals surface area contributed by atoms with Crippen LogP contribution in [-0.4, -0.2) is 9.97 Å². The molecule has 2 aromatic rings. The molecule has 1 N–H and O–H groups in total. The molecule has 76 valence electrons. The van der Waals surface area contributed by atoms with Crippen LogP contribution in [0, 0.1) is 13.8 Å². The van der Waals surface area contributed by atoms with Crippen molar-refractivity contribution in [2.45, 2.75) is 13.8 Å². The van der Waals surface area contributed by atoms with Gasteiger partial charge in [-0.3, -0.25) is 0 Å². The van der Waals surface area contributed by atoms with E-state index in [-0.39, 0.29) is 0 Å². The van der Waals surface area contributed by atoms with Gasteiger partial charge < -0.3 is 4.98 Å². The Morgan fingerprint density at radius 1 is 1.20 bits per heavy atom. The first-order chi connectivity index (χ1) is 7.27. The number of benzene rings is 1. The number of aryl methyl sites for hydroxylation is 1. The van der Waals surface area contributed by atoms with E-state index in [0.29, 0.717) is 0 Å². The Hall–Kier alpha value is -1.83. The van der Waals surface area contributed by atoms with Crippen LogP contribution in [0.5, 0.6) is 0 Å². The number of aromatic nitrogens is 2. The smallest absolute Gasteiger partial charge is 0.0927 e. The topological polar surface area (TPSA) is 28.7 Å². The fourth-order valence-corrected chi connectivity index (χ4v) is 1.49. The van der Waals surface area contributed by atoms with Crippen LogP contribution < -0.4 is 0 Å². The lowest BCUT2D eigenvalue weighted by atomic mass is 10.0. The van der Waals surface area contributed by atoms with Crippen LogP contribution in [0.4, 0.5) is 0 Å². The van der Waals surface area contributed by atoms with Gasteiger partial charge in [-0.25, -0.2) is 4.98 Å². The van der Waals surface area contributed by atoms with Gasteiger partial charge in [-0.15, -0.1) is 0 Å². The zero-order valence-electron chi connectivity index (χ0n) is 8.99. The molecule has 0 fully saturated rings. The molecule has 0 unspecified atom stereocenters. The second-order valence-corrected chi connectivity index (χ2v) is 3.62. The van der Waals surface area contributed by atoms with Crippen LogP contribution in [0.25, 0.3) is 12.2 Å². The molecule has 2 rings (SSSR count). The SMILES string of the molecule is Cc1cccc(C=Cc2c[nH]cn2)c1C. The van der Waals surface area contributed by atoms with Crippen molar-refractivity contribution in [1.29, 1.82) is 0 Å². The molecule has 0 saturated heterocycles. The molecule has 15 heavy (non-hydrogen) atoms. The number of hydrogen-bond donors (Lipinski definition) is 1. The van der Waals surface area contributed by atoms with Crippen LogP contribution in [0.2, 0.25) is 0 Å². The normalized spacial score (nSPS) is 11.1. The molecular weight excluding hydrogens is 184 g/mol. The Morgan fingerprint density at radius 3 is 2.80 bits per heavy atom. The summed E-state index contributed by atoms with van der Waals surface area (Å²) in [6.07, 6.45) is 7.67. The number of nitrogens with one attached hydrogen (secondary N) is 1. The summed E-state index contributed by atoms with van der Waals surface area (Å²) in [4.78, 5) is 7.07. The summed E-state index contributed by atoms with van der Waals surface area (Å²) in [5, 5.41) is 0. The zero-order valence-corrected chi connectivity index (χ0v) is 8.99. The lowest BCUT2D eigenvalue weighted by molar-refractivity contribution is 1.31. The van der Waals surface area contributed by atoms with Gasteiger partial charge in [0.1, 0.15) is 0 Å². The predicted molar refractivity (Wildman–Crippen MR) is 63.4 cm³/mol. The van der Waals surface area contributed by atoms with Crippen molar-refractivity contribution in [3.05, 3.63) is 53.1 Å². The number of imidazole rings is 1. The Labute approximate surface area is 89.7 Å². The Morgan fingerprint density at radius 2 is 2.07 bits per heavy atom. The highest BCUT2D eigenvalue weighted by molar-refractivity contribution is 5.69. The molecule has 0 aliphatic rings. The van der Waals surface area contributed by atoms with Crippen molar-refractivity contribution >= 4 is 12.2 Å². The minimum absolute atomic E-state index is 0.955. The van der Waals surface area contributed by atoms with Crippen molar-refractivity contribution in [3.8, 4) is 0 Å². The number of H-pyrrole nitrogens is 1. The van der Waals surface area contributed by atoms with Gasteiger partial charge in [0.25, 0.3) is 0 Å². The molecule has 0 radical (unpaired) electrons. The summed E-state index contributed by atoms with van der Waals surface area (Å²) < 4.78 is 0. The summed E-state index contributed by atoms with van der Waals surface area (Å²) in [5.74, 6) is 0. The van der Waals surface area contributed by atoms with E-state index in [4.69, 9.17) is 0 Å². The molecule has 1 aromatic heterocycles. The molecular formula is C13H14N2. The van der Waals surface area contributed by atoms with Crippen LogP contribution in [0.1, 0.15) is 22.4 Å². The third kappa shape index (κ3) is 2.15. The molecule has 0 bridgehead atoms. The van der Waals surface area contributed by atoms with E-state index >= 15 is 0 Å². The van der Waals surface area contributed by atoms with Crippen LogP contribution in [0.3, 0.4) is 0 Å². The number of hydrogen-bond acceptors (Lipinski definition) is 1. The van der Waals surface area contributed by atoms with E-state index in [1.54, 1.807) is 6.33 Å². The second-order valence-electron chi connectivity index (χ2n) is 3.62. The minimum Gasteiger partial charge on any atom is -0.351 e. The molecule has 0 amide bonds. The highest BCUT2D eigenvalue weighted by atomic mass is 14.8. The maximum atomic E-state index is 4.14. The minimum atomic E-state index is 0.955. The van der Waals surface area contributed by atoms with E-state index in [9.17, 15) is 0 Å². The second kappa shape index (κ2) is 4.13. The summed E-state index contributed by atoms with van der Waals surface area (Å²) in [6.45, 7) is 4.26. The van der Waals surface area contributed by atoms with E-state index in [2.05, 4.69) is 48.1 Å². The predicted octanol–water partition coefficient (Wildman–Crippen LogP) is 3.20. The van der Waals surface area contributed by atoms with Gasteiger partial charge in [0.05, 0.1) is 12.0 Å². The number of nitrogens with zero attached hydrogens (tertiary/aromatic N) is 1. The molecule has 1 heterocycles. The average Bonchev–Trinajstić information content (AvgIpc) is 2.73. The highest BCUT2D eigenvalue weighted by Crippen LogP contribution is 2.15. The Balaban J connectivity index is 2.28. The Kier molecular flexibility index (Phi) is 2.68. The summed E-state index contributed by atoms with van der Waals surface area (Å²) in [5.41, 5.74) is 4.84. The zero-order chi connectivity index (χ0) is 10.7. The van der Waals surface area contributed by atoms with Crippen molar-refractivity contribution in [3.63, 3.8) is 0 Å². The van der Waals surface area contributed by atoms with Gasteiger partial charge in [-0.05, 0) is 36.6 Å². The van der Waals surface area contributed by atoms with E-state index in [1.165, 1.54) is 16.7 Å². The largest absolute Gasteiger partial charge is 0.351 e. The fourth-order valence-electron chi connectivity index (χ4n) is 1.49. The van der Waals surface area contributed by atoms with Crippen LogP contribution in [0.15, 0.2) is 30.7 Å². The molecule has 0 aliphatic heterocycles. The molecule has 0 saturated carbocycles. The van der Waals surface area contributed by atoms with E-state index in [1.807, 2.05) is 12.3 Å². The molecule has 0 aliphatic carbocycles. The molecule has 0 spiro atoms. The standard InChI is InChI=1S/C13H14N2/c1-10-4-3-5-12(11(10)2)6-7-13-8-14-9-15-13/h3-9H,1-2H3,(H,14,15). The van der Waals surface area contributed by atoms with Gasteiger partial charge in [-0.2, -0.15) is 0 Å². The quantitative estimate of drug-likeness (QED) is 0.788. The maximum absolute atomic E-state index is 4.14. The lowest BCUT2D eigenvalue weighted by Gasteiger charge is -2.02. The first kappa shape index (κ1) is 9.71. The van der Waals surface area contributed by atoms with Gasteiger partial charge in [-0.1, -0.05) is 24.3 Å². The first-order valence-corrected chi connectivity index (χ1v) is 5.00. The van der Waals surface area contributed by atoms with Gasteiger partial charge in [0, 0.05) is 6.20 Å². The molecule has 2 nitrogen and oxygen atoms in total. The Bertz CT molecular complexity index is 467. The van der Waals surface area contributed by atoms with Gasteiger partial charge in [0.15, 0.2) is 0 Å². The van der Waals surface area contributed by atoms with Gasteiger partial charge >= 0.3 is 0 Å². The van der Waals surface area contributed by atoms with E-state index < -0.39 is 0 Å². The summed E-state index contributed by atoms with van der Waals surface area (Å²) in [7, 11) is 0. The van der Waals surface area contributed by atoms with Crippen molar-refractivity contribution in [2.24, 2.45) is 0 Å². The molecule has 0 atom stereocenters. The summed E-state index contributed by atoms with van der Waals surface area (Å²) >= 11 is 0. The van der Waals surface area contributed by atoms with Gasteiger partial charge in [0.2, 0.25) is 0 Å². The van der Waals surface area contributed by atoms with Crippen LogP contribution >= 0.6 is 0 Å². The van der Waals surface area contributed by atoms with Crippen LogP contribution in [-0.2, 0) is 0 Å². The number of rotatable bonds is 2. The maximum Gasteiger partial charge on any atom is 0.0927 e. The van der Waals surface area contributed by atoms with Crippen molar-refractivity contribution in [2.75, 3.05) is 0 Å². The monoisotopic (exact) mass is 198 g/mol. The summed E-state index contributed by atoms with van der Waals surface area (Å²) in [6, 6.07) is 6.32. The highest BCUT2D eigenvalue weighted by Gasteiger charge is 1.96. The molecule has 2 heteroatoms. The van der Waals surface area contributed by atoms with Crippen molar-refractivity contribution < 1.29 is 0 Å². The third-order valence-electron chi connectivity index (χ3n) is 2.60. The average molecular weight is 198 g/mol. The fraction of sp³-hybridized carbons (Fsp3) is 0.154. The lowest BCUT2D eigenvalue weighted by Crippen LogP contribution is -1.84. The van der Waals surface area contributed by atoms with Crippen molar-refractivity contribution in [1.82, 2.24) is 9.97 Å². The van der Waals surface area contributed by atoms with E-state index in [0.717, 1.165) is 5.69 Å².